The molecule has 47 heavy (non-hydrogen) atoms. The third kappa shape index (κ3) is 9.28. The second kappa shape index (κ2) is 16.4. The van der Waals surface area contributed by atoms with Gasteiger partial charge in [0.05, 0.1) is 24.9 Å². The SMILES string of the molecule is C=CCOC(=O)NCc1ccccc1-c1ccc([C@H]2O[C@@H](CN(C)C[C@@H](O)c3cccc(O)c3)C[C@@H](c3ccc(CO)cc3)O2)cc1. The van der Waals surface area contributed by atoms with Crippen molar-refractivity contribution in [2.45, 2.75) is 44.2 Å². The number of aliphatic hydroxyl groups is 2. The smallest absolute Gasteiger partial charge is 0.407 e. The average Bonchev–Trinajstić information content (AvgIpc) is 3.10. The van der Waals surface area contributed by atoms with Gasteiger partial charge in [-0.1, -0.05) is 97.6 Å². The number of likely N-dealkylation sites (N-methyl/N-ethyl adjacent to an activating group) is 1. The van der Waals surface area contributed by atoms with Gasteiger partial charge in [-0.15, -0.1) is 0 Å². The van der Waals surface area contributed by atoms with E-state index < -0.39 is 18.5 Å². The fraction of sp³-hybridized carbons (Fsp3) is 0.289. The zero-order valence-electron chi connectivity index (χ0n) is 26.5. The Hall–Kier alpha value is -4.51. The van der Waals surface area contributed by atoms with Crippen molar-refractivity contribution < 1.29 is 34.3 Å². The van der Waals surface area contributed by atoms with E-state index in [4.69, 9.17) is 14.2 Å². The van der Waals surface area contributed by atoms with Crippen LogP contribution in [0.4, 0.5) is 4.79 Å². The van der Waals surface area contributed by atoms with Crippen molar-refractivity contribution in [2.75, 3.05) is 26.7 Å². The van der Waals surface area contributed by atoms with Crippen LogP contribution in [0.3, 0.4) is 0 Å². The molecule has 4 N–H and O–H groups in total. The number of amides is 1. The number of alkyl carbamates (subject to hydrolysis) is 1. The van der Waals surface area contributed by atoms with Crippen LogP contribution in [0.15, 0.2) is 110 Å². The molecule has 1 aliphatic heterocycles. The maximum atomic E-state index is 12.0. The molecule has 9 heteroatoms. The first-order valence-electron chi connectivity index (χ1n) is 15.7. The molecule has 4 aromatic carbocycles. The first kappa shape index (κ1) is 33.8. The lowest BCUT2D eigenvalue weighted by Gasteiger charge is -2.38. The van der Waals surface area contributed by atoms with Crippen LogP contribution in [0.25, 0.3) is 11.1 Å². The Morgan fingerprint density at radius 2 is 1.77 bits per heavy atom. The summed E-state index contributed by atoms with van der Waals surface area (Å²) in [5.74, 6) is 0.116. The number of ether oxygens (including phenoxy) is 3. The van der Waals surface area contributed by atoms with Gasteiger partial charge >= 0.3 is 6.09 Å². The Balaban J connectivity index is 1.31. The van der Waals surface area contributed by atoms with Gasteiger partial charge in [-0.2, -0.15) is 0 Å². The van der Waals surface area contributed by atoms with Gasteiger partial charge in [-0.25, -0.2) is 4.79 Å². The van der Waals surface area contributed by atoms with Gasteiger partial charge in [0.15, 0.2) is 6.29 Å². The molecule has 0 radical (unpaired) electrons. The number of rotatable bonds is 13. The molecule has 1 amide bonds. The predicted molar refractivity (Wildman–Crippen MR) is 179 cm³/mol. The lowest BCUT2D eigenvalue weighted by molar-refractivity contribution is -0.252. The molecule has 1 fully saturated rings. The first-order chi connectivity index (χ1) is 22.8. The molecule has 4 atom stereocenters. The molecule has 0 bridgehead atoms. The van der Waals surface area contributed by atoms with E-state index in [0.29, 0.717) is 31.6 Å². The second-order valence-corrected chi connectivity index (χ2v) is 11.7. The predicted octanol–water partition coefficient (Wildman–Crippen LogP) is 6.17. The van der Waals surface area contributed by atoms with Crippen LogP contribution in [0.1, 0.15) is 52.7 Å². The molecule has 1 heterocycles. The van der Waals surface area contributed by atoms with Gasteiger partial charge in [0.25, 0.3) is 0 Å². The monoisotopic (exact) mass is 638 g/mol. The van der Waals surface area contributed by atoms with Crippen LogP contribution >= 0.6 is 0 Å². The highest BCUT2D eigenvalue weighted by atomic mass is 16.7. The third-order valence-electron chi connectivity index (χ3n) is 8.14. The van der Waals surface area contributed by atoms with Crippen LogP contribution in [0, 0.1) is 0 Å². The van der Waals surface area contributed by atoms with E-state index in [9.17, 15) is 20.1 Å². The maximum absolute atomic E-state index is 12.0. The molecule has 1 aliphatic rings. The summed E-state index contributed by atoms with van der Waals surface area (Å²) in [5.41, 5.74) is 6.25. The summed E-state index contributed by atoms with van der Waals surface area (Å²) in [7, 11) is 1.94. The molecule has 5 rings (SSSR count). The van der Waals surface area contributed by atoms with Gasteiger partial charge in [0.1, 0.15) is 12.4 Å². The standard InChI is InChI=1S/C38H42N2O7/c1-3-19-45-38(44)39-22-31-7-4-5-10-34(31)27-15-17-29(18-16-27)37-46-33(21-36(47-37)28-13-11-26(25-41)12-14-28)23-40(2)24-35(43)30-8-6-9-32(42)20-30/h3-18,20,33,35-37,41-43H,1,19,21-25H2,2H3,(H,39,44)/t33-,35-,36+,37+/m1/s1. The molecule has 0 saturated carbocycles. The summed E-state index contributed by atoms with van der Waals surface area (Å²) in [6.07, 6.45) is -0.230. The van der Waals surface area contributed by atoms with Gasteiger partial charge in [-0.3, -0.25) is 0 Å². The highest BCUT2D eigenvalue weighted by Gasteiger charge is 2.33. The van der Waals surface area contributed by atoms with E-state index in [1.165, 1.54) is 6.08 Å². The number of phenols is 1. The Labute approximate surface area is 275 Å². The number of nitrogens with zero attached hydrogens (tertiary/aromatic N) is 1. The fourth-order valence-electron chi connectivity index (χ4n) is 5.72. The third-order valence-corrected chi connectivity index (χ3v) is 8.14. The molecule has 0 unspecified atom stereocenters. The minimum Gasteiger partial charge on any atom is -0.508 e. The number of hydrogen-bond acceptors (Lipinski definition) is 8. The van der Waals surface area contributed by atoms with Crippen LogP contribution < -0.4 is 5.32 Å². The van der Waals surface area contributed by atoms with Crippen molar-refractivity contribution in [3.8, 4) is 16.9 Å². The lowest BCUT2D eigenvalue weighted by Crippen LogP contribution is -2.39. The minimum atomic E-state index is -0.770. The van der Waals surface area contributed by atoms with Crippen LogP contribution in [-0.4, -0.2) is 59.2 Å². The number of aromatic hydroxyl groups is 1. The first-order valence-corrected chi connectivity index (χ1v) is 15.7. The normalized spacial score (nSPS) is 18.4. The number of benzene rings is 4. The highest BCUT2D eigenvalue weighted by Crippen LogP contribution is 2.39. The molecular weight excluding hydrogens is 596 g/mol. The van der Waals surface area contributed by atoms with Crippen molar-refractivity contribution >= 4 is 6.09 Å². The van der Waals surface area contributed by atoms with Crippen molar-refractivity contribution in [2.24, 2.45) is 0 Å². The van der Waals surface area contributed by atoms with Gasteiger partial charge in [-0.05, 0) is 52.6 Å². The van der Waals surface area contributed by atoms with E-state index >= 15 is 0 Å². The fourth-order valence-corrected chi connectivity index (χ4v) is 5.72. The highest BCUT2D eigenvalue weighted by molar-refractivity contribution is 5.70. The number of hydrogen-bond donors (Lipinski definition) is 4. The van der Waals surface area contributed by atoms with Crippen LogP contribution in [0.5, 0.6) is 5.75 Å². The molecule has 0 spiro atoms. The zero-order chi connectivity index (χ0) is 33.2. The summed E-state index contributed by atoms with van der Waals surface area (Å²) in [5, 5.41) is 33.0. The van der Waals surface area contributed by atoms with Crippen LogP contribution in [-0.2, 0) is 27.4 Å². The van der Waals surface area contributed by atoms with Crippen molar-refractivity contribution in [3.63, 3.8) is 0 Å². The summed E-state index contributed by atoms with van der Waals surface area (Å²) >= 11 is 0. The minimum absolute atomic E-state index is 0.0303. The van der Waals surface area contributed by atoms with Gasteiger partial charge in [0.2, 0.25) is 0 Å². The van der Waals surface area contributed by atoms with Gasteiger partial charge in [0, 0.05) is 31.6 Å². The largest absolute Gasteiger partial charge is 0.508 e. The maximum Gasteiger partial charge on any atom is 0.407 e. The number of carbonyl (C=O) groups excluding carboxylic acids is 1. The van der Waals surface area contributed by atoms with Crippen molar-refractivity contribution in [3.05, 3.63) is 138 Å². The Bertz CT molecular complexity index is 1610. The lowest BCUT2D eigenvalue weighted by atomic mass is 9.97. The van der Waals surface area contributed by atoms with Crippen LogP contribution in [0.2, 0.25) is 0 Å². The van der Waals surface area contributed by atoms with Gasteiger partial charge < -0.3 is 39.7 Å². The number of phenolic OH excluding ortho intramolecular Hbond substituents is 1. The van der Waals surface area contributed by atoms with E-state index in [0.717, 1.165) is 33.4 Å². The number of aliphatic hydroxyl groups excluding tert-OH is 2. The van der Waals surface area contributed by atoms with Crippen molar-refractivity contribution in [1.29, 1.82) is 0 Å². The Kier molecular flexibility index (Phi) is 11.8. The summed E-state index contributed by atoms with van der Waals surface area (Å²) in [4.78, 5) is 14.0. The summed E-state index contributed by atoms with van der Waals surface area (Å²) in [6.45, 7) is 4.90. The van der Waals surface area contributed by atoms with E-state index in [2.05, 4.69) is 11.9 Å². The van der Waals surface area contributed by atoms with E-state index in [1.807, 2.05) is 84.7 Å². The molecule has 1 saturated heterocycles. The molecular formula is C38H42N2O7. The van der Waals surface area contributed by atoms with E-state index in [1.54, 1.807) is 24.3 Å². The summed E-state index contributed by atoms with van der Waals surface area (Å²) in [6, 6.07) is 30.3. The summed E-state index contributed by atoms with van der Waals surface area (Å²) < 4.78 is 18.1. The average molecular weight is 639 g/mol. The molecule has 0 aliphatic carbocycles. The second-order valence-electron chi connectivity index (χ2n) is 11.7. The Morgan fingerprint density at radius 3 is 2.49 bits per heavy atom. The van der Waals surface area contributed by atoms with Crippen molar-refractivity contribution in [1.82, 2.24) is 10.2 Å². The van der Waals surface area contributed by atoms with E-state index in [-0.39, 0.29) is 31.2 Å². The molecule has 9 nitrogen and oxygen atoms in total. The molecule has 4 aromatic rings. The zero-order valence-corrected chi connectivity index (χ0v) is 26.5. The quantitative estimate of drug-likeness (QED) is 0.128. The number of carbonyl (C=O) groups is 1. The Morgan fingerprint density at radius 1 is 1.02 bits per heavy atom. The number of nitrogens with one attached hydrogen (secondary N) is 1. The topological polar surface area (TPSA) is 121 Å². The molecule has 0 aromatic heterocycles. The molecule has 246 valence electrons.